The van der Waals surface area contributed by atoms with E-state index in [0.717, 1.165) is 6.42 Å². The lowest BCUT2D eigenvalue weighted by atomic mass is 10.1. The molecule has 3 rings (SSSR count). The summed E-state index contributed by atoms with van der Waals surface area (Å²) in [5.41, 5.74) is 1.24. The van der Waals surface area contributed by atoms with E-state index in [-0.39, 0.29) is 11.7 Å². The summed E-state index contributed by atoms with van der Waals surface area (Å²) in [6, 6.07) is 11.6. The highest BCUT2D eigenvalue weighted by Crippen LogP contribution is 2.32. The Morgan fingerprint density at radius 3 is 2.73 bits per heavy atom. The molecule has 0 aromatic heterocycles. The number of hydrogen-bond donors (Lipinski definition) is 1. The van der Waals surface area contributed by atoms with Gasteiger partial charge in [-0.3, -0.25) is 9.10 Å². The second-order valence-electron chi connectivity index (χ2n) is 5.95. The molecule has 1 fully saturated rings. The summed E-state index contributed by atoms with van der Waals surface area (Å²) in [4.78, 5) is 12.6. The van der Waals surface area contributed by atoms with E-state index >= 15 is 0 Å². The van der Waals surface area contributed by atoms with E-state index in [1.807, 2.05) is 0 Å². The first-order valence-corrected chi connectivity index (χ1v) is 10.1. The lowest BCUT2D eigenvalue weighted by molar-refractivity contribution is 0.102. The highest BCUT2D eigenvalue weighted by Gasteiger charge is 2.28. The molecule has 2 aromatic carbocycles. The van der Waals surface area contributed by atoms with Crippen molar-refractivity contribution in [3.8, 4) is 5.75 Å². The number of methoxy groups -OCH3 is 1. The fourth-order valence-corrected chi connectivity index (χ4v) is 4.73. The van der Waals surface area contributed by atoms with Crippen LogP contribution in [0.15, 0.2) is 42.5 Å². The Balaban J connectivity index is 1.88. The first kappa shape index (κ1) is 18.5. The number of rotatable bonds is 4. The number of carbonyl (C=O) groups is 1. The average molecular weight is 395 g/mol. The number of carbonyl (C=O) groups excluding carboxylic acids is 1. The van der Waals surface area contributed by atoms with E-state index < -0.39 is 10.0 Å². The minimum atomic E-state index is -3.41. The second kappa shape index (κ2) is 7.55. The molecule has 1 N–H and O–H groups in total. The molecule has 1 saturated heterocycles. The monoisotopic (exact) mass is 394 g/mol. The smallest absolute Gasteiger partial charge is 0.255 e. The van der Waals surface area contributed by atoms with E-state index in [4.69, 9.17) is 16.3 Å². The summed E-state index contributed by atoms with van der Waals surface area (Å²) < 4.78 is 31.1. The van der Waals surface area contributed by atoms with E-state index in [0.29, 0.717) is 40.7 Å². The van der Waals surface area contributed by atoms with Crippen molar-refractivity contribution in [1.82, 2.24) is 0 Å². The third-order valence-corrected chi connectivity index (χ3v) is 6.33. The fraction of sp³-hybridized carbons (Fsp3) is 0.278. The molecular weight excluding hydrogens is 376 g/mol. The van der Waals surface area contributed by atoms with Gasteiger partial charge in [0.25, 0.3) is 5.91 Å². The number of halogens is 1. The Labute approximate surface area is 157 Å². The molecular formula is C18H19ClN2O4S. The molecule has 0 unspecified atom stereocenters. The molecule has 0 bridgehead atoms. The summed E-state index contributed by atoms with van der Waals surface area (Å²) in [7, 11) is -1.86. The van der Waals surface area contributed by atoms with Crippen molar-refractivity contribution in [2.75, 3.05) is 29.0 Å². The fourth-order valence-electron chi connectivity index (χ4n) is 2.81. The largest absolute Gasteiger partial charge is 0.497 e. The van der Waals surface area contributed by atoms with Crippen molar-refractivity contribution >= 4 is 38.9 Å². The molecule has 6 nitrogen and oxygen atoms in total. The van der Waals surface area contributed by atoms with E-state index in [2.05, 4.69) is 5.32 Å². The van der Waals surface area contributed by atoms with Crippen LogP contribution in [0.5, 0.6) is 5.75 Å². The summed E-state index contributed by atoms with van der Waals surface area (Å²) in [5.74, 6) is 0.355. The highest BCUT2D eigenvalue weighted by molar-refractivity contribution is 7.92. The normalized spacial score (nSPS) is 16.2. The molecule has 1 aliphatic heterocycles. The maximum atomic E-state index is 12.6. The molecule has 1 heterocycles. The van der Waals surface area contributed by atoms with Crippen LogP contribution in [0.1, 0.15) is 23.2 Å². The van der Waals surface area contributed by atoms with Crippen LogP contribution >= 0.6 is 11.6 Å². The van der Waals surface area contributed by atoms with Crippen molar-refractivity contribution in [3.05, 3.63) is 53.1 Å². The van der Waals surface area contributed by atoms with E-state index in [9.17, 15) is 13.2 Å². The Morgan fingerprint density at radius 2 is 2.00 bits per heavy atom. The van der Waals surface area contributed by atoms with Gasteiger partial charge in [-0.05, 0) is 43.2 Å². The summed E-state index contributed by atoms with van der Waals surface area (Å²) in [6.07, 6.45) is 1.39. The van der Waals surface area contributed by atoms with Gasteiger partial charge in [-0.1, -0.05) is 17.7 Å². The Kier molecular flexibility index (Phi) is 5.38. The van der Waals surface area contributed by atoms with Gasteiger partial charge in [-0.15, -0.1) is 0 Å². The Morgan fingerprint density at radius 1 is 1.19 bits per heavy atom. The van der Waals surface area contributed by atoms with Gasteiger partial charge in [0, 0.05) is 23.9 Å². The molecule has 0 spiro atoms. The third kappa shape index (κ3) is 3.94. The van der Waals surface area contributed by atoms with Crippen molar-refractivity contribution in [2.24, 2.45) is 0 Å². The Bertz CT molecular complexity index is 931. The number of sulfonamides is 1. The quantitative estimate of drug-likeness (QED) is 0.860. The van der Waals surface area contributed by atoms with Crippen molar-refractivity contribution in [2.45, 2.75) is 12.8 Å². The molecule has 0 radical (unpaired) electrons. The predicted molar refractivity (Wildman–Crippen MR) is 103 cm³/mol. The van der Waals surface area contributed by atoms with Gasteiger partial charge in [0.2, 0.25) is 10.0 Å². The molecule has 0 saturated carbocycles. The zero-order valence-electron chi connectivity index (χ0n) is 14.2. The number of hydrogen-bond acceptors (Lipinski definition) is 4. The number of ether oxygens (including phenoxy) is 1. The van der Waals surface area contributed by atoms with Crippen LogP contribution in [-0.4, -0.2) is 33.7 Å². The molecule has 0 aliphatic carbocycles. The predicted octanol–water partition coefficient (Wildman–Crippen LogP) is 3.53. The summed E-state index contributed by atoms with van der Waals surface area (Å²) in [5, 5.41) is 3.07. The minimum absolute atomic E-state index is 0.0869. The van der Waals surface area contributed by atoms with Crippen LogP contribution in [0, 0.1) is 0 Å². The van der Waals surface area contributed by atoms with Crippen molar-refractivity contribution in [3.63, 3.8) is 0 Å². The van der Waals surface area contributed by atoms with Gasteiger partial charge >= 0.3 is 0 Å². The number of amides is 1. The van der Waals surface area contributed by atoms with Crippen LogP contribution in [0.25, 0.3) is 0 Å². The Hall–Kier alpha value is -2.25. The topological polar surface area (TPSA) is 75.7 Å². The zero-order valence-corrected chi connectivity index (χ0v) is 15.8. The number of benzene rings is 2. The summed E-state index contributed by atoms with van der Waals surface area (Å²) in [6.45, 7) is 0.364. The van der Waals surface area contributed by atoms with Gasteiger partial charge < -0.3 is 10.1 Å². The standard InChI is InChI=1S/C18H19ClN2O4S/c1-25-15-6-4-5-14(12-15)20-18(22)13-7-8-16(19)17(11-13)21-9-2-3-10-26(21,23)24/h4-8,11-12H,2-3,9-10H2,1H3,(H,20,22). The van der Waals surface area contributed by atoms with E-state index in [1.165, 1.54) is 10.4 Å². The zero-order chi connectivity index (χ0) is 18.7. The molecule has 2 aromatic rings. The van der Waals surface area contributed by atoms with Crippen molar-refractivity contribution in [1.29, 1.82) is 0 Å². The highest BCUT2D eigenvalue weighted by atomic mass is 35.5. The van der Waals surface area contributed by atoms with Gasteiger partial charge in [0.05, 0.1) is 23.6 Å². The van der Waals surface area contributed by atoms with Crippen LogP contribution in [-0.2, 0) is 10.0 Å². The van der Waals surface area contributed by atoms with Crippen LogP contribution in [0.4, 0.5) is 11.4 Å². The van der Waals surface area contributed by atoms with E-state index in [1.54, 1.807) is 43.5 Å². The maximum Gasteiger partial charge on any atom is 0.255 e. The lowest BCUT2D eigenvalue weighted by Crippen LogP contribution is -2.38. The molecule has 138 valence electrons. The molecule has 8 heteroatoms. The lowest BCUT2D eigenvalue weighted by Gasteiger charge is -2.29. The minimum Gasteiger partial charge on any atom is -0.497 e. The number of anilines is 2. The van der Waals surface area contributed by atoms with Crippen LogP contribution in [0.2, 0.25) is 5.02 Å². The average Bonchev–Trinajstić information content (AvgIpc) is 2.62. The van der Waals surface area contributed by atoms with Gasteiger partial charge in [0.1, 0.15) is 5.75 Å². The number of nitrogens with zero attached hydrogens (tertiary/aromatic N) is 1. The molecule has 1 amide bonds. The third-order valence-electron chi connectivity index (χ3n) is 4.15. The summed E-state index contributed by atoms with van der Waals surface area (Å²) >= 11 is 6.21. The SMILES string of the molecule is COc1cccc(NC(=O)c2ccc(Cl)c(N3CCCCS3(=O)=O)c2)c1. The first-order chi connectivity index (χ1) is 12.4. The van der Waals surface area contributed by atoms with Gasteiger partial charge in [-0.2, -0.15) is 0 Å². The van der Waals surface area contributed by atoms with Crippen molar-refractivity contribution < 1.29 is 17.9 Å². The van der Waals surface area contributed by atoms with Crippen LogP contribution in [0.3, 0.4) is 0 Å². The maximum absolute atomic E-state index is 12.6. The molecule has 1 aliphatic rings. The molecule has 0 atom stereocenters. The molecule has 26 heavy (non-hydrogen) atoms. The number of nitrogens with one attached hydrogen (secondary N) is 1. The van der Waals surface area contributed by atoms with Gasteiger partial charge in [0.15, 0.2) is 0 Å². The second-order valence-corrected chi connectivity index (χ2v) is 8.37. The van der Waals surface area contributed by atoms with Gasteiger partial charge in [-0.25, -0.2) is 8.42 Å². The van der Waals surface area contributed by atoms with Crippen LogP contribution < -0.4 is 14.4 Å². The first-order valence-electron chi connectivity index (χ1n) is 8.16.